The lowest BCUT2D eigenvalue weighted by atomic mass is 10.00. The van der Waals surface area contributed by atoms with Crippen LogP contribution in [0.4, 0.5) is 11.4 Å². The van der Waals surface area contributed by atoms with Crippen LogP contribution >= 0.6 is 0 Å². The first-order valence-electron chi connectivity index (χ1n) is 8.00. The second kappa shape index (κ2) is 7.94. The molecule has 0 radical (unpaired) electrons. The van der Waals surface area contributed by atoms with E-state index in [-0.39, 0.29) is 11.8 Å². The van der Waals surface area contributed by atoms with Gasteiger partial charge in [0, 0.05) is 24.3 Å². The van der Waals surface area contributed by atoms with Crippen molar-refractivity contribution >= 4 is 23.2 Å². The van der Waals surface area contributed by atoms with E-state index in [0.29, 0.717) is 12.6 Å². The molecule has 0 bridgehead atoms. The number of amides is 2. The minimum atomic E-state index is -0.104. The predicted molar refractivity (Wildman–Crippen MR) is 88.9 cm³/mol. The first kappa shape index (κ1) is 16.5. The molecule has 120 valence electrons. The van der Waals surface area contributed by atoms with E-state index in [9.17, 15) is 9.59 Å². The molecule has 1 aliphatic rings. The lowest BCUT2D eigenvalue weighted by molar-refractivity contribution is -0.118. The summed E-state index contributed by atoms with van der Waals surface area (Å²) in [7, 11) is 0. The molecule has 22 heavy (non-hydrogen) atoms. The van der Waals surface area contributed by atoms with E-state index in [0.717, 1.165) is 24.3 Å². The maximum atomic E-state index is 12.2. The molecule has 2 amide bonds. The van der Waals surface area contributed by atoms with Crippen LogP contribution in [-0.4, -0.2) is 35.8 Å². The fourth-order valence-corrected chi connectivity index (χ4v) is 2.96. The summed E-state index contributed by atoms with van der Waals surface area (Å²) in [6, 6.07) is 7.70. The van der Waals surface area contributed by atoms with Crippen molar-refractivity contribution in [1.82, 2.24) is 4.90 Å². The smallest absolute Gasteiger partial charge is 0.238 e. The van der Waals surface area contributed by atoms with Gasteiger partial charge in [0.05, 0.1) is 6.54 Å². The molecule has 2 rings (SSSR count). The first-order valence-corrected chi connectivity index (χ1v) is 8.00. The summed E-state index contributed by atoms with van der Waals surface area (Å²) in [5.41, 5.74) is 1.48. The van der Waals surface area contributed by atoms with Crippen molar-refractivity contribution in [3.8, 4) is 0 Å². The highest BCUT2D eigenvalue weighted by Gasteiger charge is 2.22. The quantitative estimate of drug-likeness (QED) is 0.879. The van der Waals surface area contributed by atoms with Crippen LogP contribution in [0.5, 0.6) is 0 Å². The minimum absolute atomic E-state index is 0.0210. The number of likely N-dealkylation sites (tertiary alicyclic amines) is 1. The Kier molecular flexibility index (Phi) is 5.95. The average molecular weight is 303 g/mol. The predicted octanol–water partition coefficient (Wildman–Crippen LogP) is 2.85. The number of hydrogen-bond acceptors (Lipinski definition) is 3. The molecular formula is C17H25N3O2. The number of anilines is 2. The molecule has 5 nitrogen and oxygen atoms in total. The van der Waals surface area contributed by atoms with Gasteiger partial charge in [-0.25, -0.2) is 0 Å². The second-order valence-corrected chi connectivity index (χ2v) is 5.84. The number of nitrogens with zero attached hydrogens (tertiary/aromatic N) is 1. The molecule has 0 spiro atoms. The molecule has 0 saturated carbocycles. The van der Waals surface area contributed by atoms with Gasteiger partial charge in [0.15, 0.2) is 0 Å². The van der Waals surface area contributed by atoms with Crippen molar-refractivity contribution in [2.45, 2.75) is 45.6 Å². The van der Waals surface area contributed by atoms with Gasteiger partial charge in [-0.15, -0.1) is 0 Å². The van der Waals surface area contributed by atoms with E-state index >= 15 is 0 Å². The van der Waals surface area contributed by atoms with E-state index < -0.39 is 0 Å². The molecular weight excluding hydrogens is 278 g/mol. The lowest BCUT2D eigenvalue weighted by Gasteiger charge is -2.34. The van der Waals surface area contributed by atoms with Gasteiger partial charge in [-0.05, 0) is 50.1 Å². The largest absolute Gasteiger partial charge is 0.326 e. The van der Waals surface area contributed by atoms with Gasteiger partial charge in [0.1, 0.15) is 0 Å². The van der Waals surface area contributed by atoms with Crippen LogP contribution in [0.15, 0.2) is 24.3 Å². The summed E-state index contributed by atoms with van der Waals surface area (Å²) < 4.78 is 0. The zero-order valence-corrected chi connectivity index (χ0v) is 13.4. The Hall–Kier alpha value is -1.88. The molecule has 1 aliphatic heterocycles. The molecule has 1 unspecified atom stereocenters. The molecule has 0 aromatic heterocycles. The molecule has 1 saturated heterocycles. The summed E-state index contributed by atoms with van der Waals surface area (Å²) >= 11 is 0. The number of hydrogen-bond donors (Lipinski definition) is 2. The summed E-state index contributed by atoms with van der Waals surface area (Å²) in [4.78, 5) is 25.4. The van der Waals surface area contributed by atoms with Crippen molar-refractivity contribution in [2.24, 2.45) is 0 Å². The zero-order chi connectivity index (χ0) is 15.9. The van der Waals surface area contributed by atoms with E-state index in [1.54, 1.807) is 24.3 Å². The van der Waals surface area contributed by atoms with Gasteiger partial charge in [-0.3, -0.25) is 14.5 Å². The Bertz CT molecular complexity index is 513. The second-order valence-electron chi connectivity index (χ2n) is 5.84. The number of piperidine rings is 1. The first-order chi connectivity index (χ1) is 10.6. The molecule has 0 aliphatic carbocycles. The summed E-state index contributed by atoms with van der Waals surface area (Å²) in [5.74, 6) is -0.0832. The van der Waals surface area contributed by atoms with Crippen LogP contribution in [0.2, 0.25) is 0 Å². The number of benzene rings is 1. The molecule has 1 atom stereocenters. The molecule has 2 N–H and O–H groups in total. The van der Waals surface area contributed by atoms with E-state index in [1.165, 1.54) is 26.2 Å². The minimum Gasteiger partial charge on any atom is -0.326 e. The normalized spacial score (nSPS) is 18.7. The Labute approximate surface area is 132 Å². The highest BCUT2D eigenvalue weighted by atomic mass is 16.2. The van der Waals surface area contributed by atoms with Gasteiger partial charge in [-0.2, -0.15) is 0 Å². The van der Waals surface area contributed by atoms with Crippen LogP contribution in [-0.2, 0) is 9.59 Å². The SMILES string of the molecule is CCC1CCCCN1CC(=O)Nc1ccc(NC(C)=O)cc1. The monoisotopic (exact) mass is 303 g/mol. The zero-order valence-electron chi connectivity index (χ0n) is 13.4. The number of rotatable bonds is 5. The molecule has 1 aromatic carbocycles. The summed E-state index contributed by atoms with van der Waals surface area (Å²) in [6.07, 6.45) is 4.73. The fraction of sp³-hybridized carbons (Fsp3) is 0.529. The molecule has 1 fully saturated rings. The maximum Gasteiger partial charge on any atom is 0.238 e. The average Bonchev–Trinajstić information content (AvgIpc) is 2.49. The van der Waals surface area contributed by atoms with Gasteiger partial charge >= 0.3 is 0 Å². The van der Waals surface area contributed by atoms with Crippen LogP contribution in [0.25, 0.3) is 0 Å². The lowest BCUT2D eigenvalue weighted by Crippen LogP contribution is -2.43. The molecule has 5 heteroatoms. The van der Waals surface area contributed by atoms with Gasteiger partial charge in [0.25, 0.3) is 0 Å². The van der Waals surface area contributed by atoms with E-state index in [4.69, 9.17) is 0 Å². The maximum absolute atomic E-state index is 12.2. The van der Waals surface area contributed by atoms with Crippen LogP contribution in [0.3, 0.4) is 0 Å². The van der Waals surface area contributed by atoms with E-state index in [1.807, 2.05) is 0 Å². The van der Waals surface area contributed by atoms with Crippen molar-refractivity contribution in [3.63, 3.8) is 0 Å². The van der Waals surface area contributed by atoms with Crippen molar-refractivity contribution in [2.75, 3.05) is 23.7 Å². The summed E-state index contributed by atoms with van der Waals surface area (Å²) in [5, 5.41) is 5.63. The van der Waals surface area contributed by atoms with Crippen molar-refractivity contribution in [3.05, 3.63) is 24.3 Å². The Balaban J connectivity index is 1.87. The number of carbonyl (C=O) groups is 2. The Morgan fingerprint density at radius 2 is 1.77 bits per heavy atom. The highest BCUT2D eigenvalue weighted by Crippen LogP contribution is 2.19. The van der Waals surface area contributed by atoms with E-state index in [2.05, 4.69) is 22.5 Å². The molecule has 1 heterocycles. The Morgan fingerprint density at radius 3 is 2.36 bits per heavy atom. The van der Waals surface area contributed by atoms with Crippen LogP contribution in [0, 0.1) is 0 Å². The van der Waals surface area contributed by atoms with Gasteiger partial charge in [-0.1, -0.05) is 13.3 Å². The van der Waals surface area contributed by atoms with Crippen molar-refractivity contribution in [1.29, 1.82) is 0 Å². The number of nitrogens with one attached hydrogen (secondary N) is 2. The van der Waals surface area contributed by atoms with Crippen LogP contribution in [0.1, 0.15) is 39.5 Å². The van der Waals surface area contributed by atoms with Gasteiger partial charge < -0.3 is 10.6 Å². The highest BCUT2D eigenvalue weighted by molar-refractivity contribution is 5.93. The summed E-state index contributed by atoms with van der Waals surface area (Å²) in [6.45, 7) is 5.11. The van der Waals surface area contributed by atoms with Crippen LogP contribution < -0.4 is 10.6 Å². The number of carbonyl (C=O) groups excluding carboxylic acids is 2. The standard InChI is InChI=1S/C17H25N3O2/c1-3-16-6-4-5-11-20(16)12-17(22)19-15-9-7-14(8-10-15)18-13(2)21/h7-10,16H,3-6,11-12H2,1-2H3,(H,18,21)(H,19,22). The third kappa shape index (κ3) is 4.84. The Morgan fingerprint density at radius 1 is 1.14 bits per heavy atom. The van der Waals surface area contributed by atoms with Crippen molar-refractivity contribution < 1.29 is 9.59 Å². The third-order valence-electron chi connectivity index (χ3n) is 4.06. The van der Waals surface area contributed by atoms with Gasteiger partial charge in [0.2, 0.25) is 11.8 Å². The topological polar surface area (TPSA) is 61.4 Å². The third-order valence-corrected chi connectivity index (χ3v) is 4.06. The fourth-order valence-electron chi connectivity index (χ4n) is 2.96. The molecule has 1 aromatic rings.